The first-order valence-electron chi connectivity index (χ1n) is 7.46. The van der Waals surface area contributed by atoms with Gasteiger partial charge in [0.05, 0.1) is 29.5 Å². The molecule has 25 heavy (non-hydrogen) atoms. The highest BCUT2D eigenvalue weighted by atomic mass is 79.9. The molecule has 6 nitrogen and oxygen atoms in total. The number of ether oxygens (including phenoxy) is 2. The number of nitrogens with one attached hydrogen (secondary N) is 1. The number of hydrogen-bond acceptors (Lipinski definition) is 5. The Bertz CT molecular complexity index is 850. The zero-order valence-electron chi connectivity index (χ0n) is 13.8. The second kappa shape index (κ2) is 8.35. The zero-order valence-corrected chi connectivity index (χ0v) is 16.2. The van der Waals surface area contributed by atoms with Crippen LogP contribution in [0, 0.1) is 0 Å². The summed E-state index contributed by atoms with van der Waals surface area (Å²) in [6.07, 6.45) is -0.0541. The number of methoxy groups -OCH3 is 1. The fraction of sp³-hybridized carbons (Fsp3) is 0.235. The normalized spacial score (nSPS) is 11.0. The molecule has 0 bridgehead atoms. The van der Waals surface area contributed by atoms with Crippen molar-refractivity contribution in [3.63, 3.8) is 0 Å². The van der Waals surface area contributed by atoms with Gasteiger partial charge >= 0.3 is 0 Å². The van der Waals surface area contributed by atoms with Gasteiger partial charge in [-0.25, -0.2) is 13.1 Å². The number of hydrogen-bond donors (Lipinski definition) is 1. The molecule has 0 heterocycles. The van der Waals surface area contributed by atoms with E-state index in [0.29, 0.717) is 28.1 Å². The Balaban J connectivity index is 2.09. The molecule has 0 saturated carbocycles. The molecular formula is C17H18BrNO5S. The summed E-state index contributed by atoms with van der Waals surface area (Å²) in [4.78, 5) is 12.0. The SMILES string of the molecule is CCOc1ccc(S(=O)(=O)NC(=O)Cc2ccc(OC)cc2)cc1Br. The highest BCUT2D eigenvalue weighted by Gasteiger charge is 2.19. The van der Waals surface area contributed by atoms with Crippen LogP contribution in [0.4, 0.5) is 0 Å². The first-order chi connectivity index (χ1) is 11.9. The molecule has 0 aliphatic heterocycles. The van der Waals surface area contributed by atoms with Crippen molar-refractivity contribution >= 4 is 31.9 Å². The molecule has 2 aromatic rings. The summed E-state index contributed by atoms with van der Waals surface area (Å²) in [5, 5.41) is 0. The van der Waals surface area contributed by atoms with Crippen molar-refractivity contribution in [2.24, 2.45) is 0 Å². The standard InChI is InChI=1S/C17H18BrNO5S/c1-3-24-16-9-8-14(11-15(16)18)25(21,22)19-17(20)10-12-4-6-13(23-2)7-5-12/h4-9,11H,3,10H2,1-2H3,(H,19,20). The molecule has 8 heteroatoms. The monoisotopic (exact) mass is 427 g/mol. The molecule has 2 aromatic carbocycles. The highest BCUT2D eigenvalue weighted by Crippen LogP contribution is 2.27. The van der Waals surface area contributed by atoms with Crippen LogP contribution < -0.4 is 14.2 Å². The first kappa shape index (κ1) is 19.3. The van der Waals surface area contributed by atoms with E-state index >= 15 is 0 Å². The van der Waals surface area contributed by atoms with Gasteiger partial charge in [-0.05, 0) is 58.7 Å². The van der Waals surface area contributed by atoms with E-state index < -0.39 is 15.9 Å². The maximum absolute atomic E-state index is 12.3. The minimum Gasteiger partial charge on any atom is -0.497 e. The maximum atomic E-state index is 12.3. The second-order valence-electron chi connectivity index (χ2n) is 5.08. The van der Waals surface area contributed by atoms with Gasteiger partial charge < -0.3 is 9.47 Å². The molecule has 0 radical (unpaired) electrons. The van der Waals surface area contributed by atoms with E-state index in [1.54, 1.807) is 31.4 Å². The molecule has 0 aliphatic rings. The summed E-state index contributed by atoms with van der Waals surface area (Å²) in [7, 11) is -2.41. The number of halogens is 1. The largest absolute Gasteiger partial charge is 0.497 e. The van der Waals surface area contributed by atoms with Crippen LogP contribution >= 0.6 is 15.9 Å². The summed E-state index contributed by atoms with van der Waals surface area (Å²) < 4.78 is 37.6. The molecule has 0 fully saturated rings. The lowest BCUT2D eigenvalue weighted by Gasteiger charge is -2.10. The topological polar surface area (TPSA) is 81.7 Å². The Labute approximate surface area is 155 Å². The molecule has 0 atom stereocenters. The Hall–Kier alpha value is -2.06. The third-order valence-corrected chi connectivity index (χ3v) is 5.28. The summed E-state index contributed by atoms with van der Waals surface area (Å²) in [5.74, 6) is 0.581. The average Bonchev–Trinajstić information content (AvgIpc) is 2.57. The number of amides is 1. The Morgan fingerprint density at radius 2 is 1.84 bits per heavy atom. The molecule has 0 spiro atoms. The minimum absolute atomic E-state index is 0.0223. The fourth-order valence-corrected chi connectivity index (χ4v) is 3.75. The van der Waals surface area contributed by atoms with E-state index in [0.717, 1.165) is 0 Å². The van der Waals surface area contributed by atoms with Gasteiger partial charge in [0.2, 0.25) is 5.91 Å². The predicted molar refractivity (Wildman–Crippen MR) is 97.3 cm³/mol. The predicted octanol–water partition coefficient (Wildman–Crippen LogP) is 2.90. The van der Waals surface area contributed by atoms with E-state index in [1.165, 1.54) is 18.2 Å². The van der Waals surface area contributed by atoms with Gasteiger partial charge in [0.25, 0.3) is 10.0 Å². The van der Waals surface area contributed by atoms with Crippen molar-refractivity contribution < 1.29 is 22.7 Å². The number of carbonyl (C=O) groups is 1. The van der Waals surface area contributed by atoms with Gasteiger partial charge in [0.1, 0.15) is 11.5 Å². The molecule has 2 rings (SSSR count). The van der Waals surface area contributed by atoms with Crippen molar-refractivity contribution in [3.05, 3.63) is 52.5 Å². The summed E-state index contributed by atoms with van der Waals surface area (Å²) in [6, 6.07) is 11.2. The lowest BCUT2D eigenvalue weighted by molar-refractivity contribution is -0.118. The lowest BCUT2D eigenvalue weighted by atomic mass is 10.1. The third-order valence-electron chi connectivity index (χ3n) is 3.29. The van der Waals surface area contributed by atoms with Gasteiger partial charge in [-0.2, -0.15) is 0 Å². The molecule has 0 saturated heterocycles. The molecule has 0 aliphatic carbocycles. The second-order valence-corrected chi connectivity index (χ2v) is 7.62. The Kier molecular flexibility index (Phi) is 6.44. The first-order valence-corrected chi connectivity index (χ1v) is 9.74. The number of benzene rings is 2. The molecule has 1 N–H and O–H groups in total. The van der Waals surface area contributed by atoms with Crippen molar-refractivity contribution in [1.29, 1.82) is 0 Å². The van der Waals surface area contributed by atoms with Crippen LogP contribution in [-0.2, 0) is 21.2 Å². The Morgan fingerprint density at radius 1 is 1.16 bits per heavy atom. The molecular weight excluding hydrogens is 410 g/mol. The Morgan fingerprint density at radius 3 is 2.40 bits per heavy atom. The van der Waals surface area contributed by atoms with Crippen LogP contribution in [0.2, 0.25) is 0 Å². The highest BCUT2D eigenvalue weighted by molar-refractivity contribution is 9.10. The van der Waals surface area contributed by atoms with Gasteiger partial charge in [-0.3, -0.25) is 4.79 Å². The van der Waals surface area contributed by atoms with Crippen molar-refractivity contribution in [3.8, 4) is 11.5 Å². The number of sulfonamides is 1. The lowest BCUT2D eigenvalue weighted by Crippen LogP contribution is -2.31. The van der Waals surface area contributed by atoms with Gasteiger partial charge in [0, 0.05) is 0 Å². The molecule has 134 valence electrons. The van der Waals surface area contributed by atoms with Crippen LogP contribution in [0.3, 0.4) is 0 Å². The van der Waals surface area contributed by atoms with Gasteiger partial charge in [-0.15, -0.1) is 0 Å². The smallest absolute Gasteiger partial charge is 0.264 e. The number of rotatable bonds is 7. The van der Waals surface area contributed by atoms with E-state index in [2.05, 4.69) is 20.7 Å². The van der Waals surface area contributed by atoms with Crippen LogP contribution in [0.5, 0.6) is 11.5 Å². The van der Waals surface area contributed by atoms with Crippen molar-refractivity contribution in [2.45, 2.75) is 18.2 Å². The fourth-order valence-electron chi connectivity index (χ4n) is 2.09. The van der Waals surface area contributed by atoms with Crippen molar-refractivity contribution in [2.75, 3.05) is 13.7 Å². The van der Waals surface area contributed by atoms with Crippen LogP contribution in [0.25, 0.3) is 0 Å². The van der Waals surface area contributed by atoms with Crippen LogP contribution in [0.1, 0.15) is 12.5 Å². The molecule has 0 aromatic heterocycles. The number of carbonyl (C=O) groups excluding carboxylic acids is 1. The van der Waals surface area contributed by atoms with E-state index in [-0.39, 0.29) is 11.3 Å². The molecule has 1 amide bonds. The van der Waals surface area contributed by atoms with Gasteiger partial charge in [-0.1, -0.05) is 12.1 Å². The average molecular weight is 428 g/mol. The minimum atomic E-state index is -3.96. The quantitative estimate of drug-likeness (QED) is 0.734. The van der Waals surface area contributed by atoms with E-state index in [9.17, 15) is 13.2 Å². The molecule has 0 unspecified atom stereocenters. The zero-order chi connectivity index (χ0) is 18.4. The van der Waals surface area contributed by atoms with Crippen molar-refractivity contribution in [1.82, 2.24) is 4.72 Å². The third kappa shape index (κ3) is 5.20. The van der Waals surface area contributed by atoms with Crippen LogP contribution in [0.15, 0.2) is 51.8 Å². The van der Waals surface area contributed by atoms with Crippen LogP contribution in [-0.4, -0.2) is 28.0 Å². The van der Waals surface area contributed by atoms with E-state index in [4.69, 9.17) is 9.47 Å². The summed E-state index contributed by atoms with van der Waals surface area (Å²) >= 11 is 3.26. The maximum Gasteiger partial charge on any atom is 0.264 e. The van der Waals surface area contributed by atoms with Gasteiger partial charge in [0.15, 0.2) is 0 Å². The van der Waals surface area contributed by atoms with E-state index in [1.807, 2.05) is 6.92 Å². The summed E-state index contributed by atoms with van der Waals surface area (Å²) in [5.41, 5.74) is 0.682. The summed E-state index contributed by atoms with van der Waals surface area (Å²) in [6.45, 7) is 2.29.